The first-order valence-electron chi connectivity index (χ1n) is 8.03. The van der Waals surface area contributed by atoms with E-state index >= 15 is 0 Å². The van der Waals surface area contributed by atoms with Gasteiger partial charge in [0.05, 0.1) is 0 Å². The van der Waals surface area contributed by atoms with Crippen LogP contribution in [0, 0.1) is 6.92 Å². The Morgan fingerprint density at radius 2 is 1.92 bits per heavy atom. The Balaban J connectivity index is 2.02. The van der Waals surface area contributed by atoms with Crippen LogP contribution in [0.5, 0.6) is 0 Å². The molecule has 0 bridgehead atoms. The summed E-state index contributed by atoms with van der Waals surface area (Å²) in [6.07, 6.45) is 0. The highest BCUT2D eigenvalue weighted by Crippen LogP contribution is 2.18. The number of thioether (sulfide) groups is 1. The van der Waals surface area contributed by atoms with Gasteiger partial charge in [0.15, 0.2) is 5.82 Å². The van der Waals surface area contributed by atoms with E-state index in [0.717, 1.165) is 22.8 Å². The molecule has 1 aromatic carbocycles. The number of carbonyl (C=O) groups is 1. The van der Waals surface area contributed by atoms with E-state index in [1.807, 2.05) is 56.1 Å². The number of amides is 1. The summed E-state index contributed by atoms with van der Waals surface area (Å²) in [5, 5.41) is 6.55. The van der Waals surface area contributed by atoms with Gasteiger partial charge in [-0.1, -0.05) is 26.0 Å². The number of hydrogen-bond acceptors (Lipinski definition) is 5. The molecule has 1 amide bonds. The van der Waals surface area contributed by atoms with Crippen LogP contribution in [0.1, 0.15) is 29.9 Å². The highest BCUT2D eigenvalue weighted by atomic mass is 32.2. The van der Waals surface area contributed by atoms with E-state index in [9.17, 15) is 4.79 Å². The minimum Gasteiger partial charge on any atom is -0.373 e. The van der Waals surface area contributed by atoms with Gasteiger partial charge in [-0.25, -0.2) is 9.97 Å². The molecule has 1 heterocycles. The van der Waals surface area contributed by atoms with Crippen molar-refractivity contribution in [2.24, 2.45) is 0 Å². The summed E-state index contributed by atoms with van der Waals surface area (Å²) in [6.45, 7) is 6.91. The van der Waals surface area contributed by atoms with Crippen LogP contribution in [0.15, 0.2) is 30.3 Å². The van der Waals surface area contributed by atoms with Crippen molar-refractivity contribution in [2.75, 3.05) is 24.7 Å². The SMILES string of the molecule is CNc1cc(C)nc(-c2ccc(C(=O)NCCSC(C)C)cc2)n1. The molecule has 2 N–H and O–H groups in total. The number of nitrogens with one attached hydrogen (secondary N) is 2. The second kappa shape index (κ2) is 8.68. The van der Waals surface area contributed by atoms with Gasteiger partial charge in [-0.15, -0.1) is 0 Å². The maximum Gasteiger partial charge on any atom is 0.251 e. The van der Waals surface area contributed by atoms with Gasteiger partial charge in [-0.2, -0.15) is 11.8 Å². The highest BCUT2D eigenvalue weighted by Gasteiger charge is 2.08. The lowest BCUT2D eigenvalue weighted by molar-refractivity contribution is 0.0956. The molecule has 5 nitrogen and oxygen atoms in total. The normalized spacial score (nSPS) is 10.7. The summed E-state index contributed by atoms with van der Waals surface area (Å²) >= 11 is 1.84. The number of hydrogen-bond donors (Lipinski definition) is 2. The predicted molar refractivity (Wildman–Crippen MR) is 102 cm³/mol. The second-order valence-corrected chi connectivity index (χ2v) is 7.41. The number of nitrogens with zero attached hydrogens (tertiary/aromatic N) is 2. The molecule has 0 unspecified atom stereocenters. The number of aryl methyl sites for hydroxylation is 1. The summed E-state index contributed by atoms with van der Waals surface area (Å²) in [6, 6.07) is 9.27. The molecule has 128 valence electrons. The molecule has 0 aliphatic heterocycles. The van der Waals surface area contributed by atoms with Crippen molar-refractivity contribution >= 4 is 23.5 Å². The molecule has 0 fully saturated rings. The Bertz CT molecular complexity index is 686. The van der Waals surface area contributed by atoms with Crippen molar-refractivity contribution in [1.29, 1.82) is 0 Å². The molecule has 0 atom stereocenters. The van der Waals surface area contributed by atoms with Crippen molar-refractivity contribution in [3.8, 4) is 11.4 Å². The van der Waals surface area contributed by atoms with E-state index < -0.39 is 0 Å². The van der Waals surface area contributed by atoms with Gasteiger partial charge in [0, 0.05) is 42.2 Å². The topological polar surface area (TPSA) is 66.9 Å². The van der Waals surface area contributed by atoms with Crippen LogP contribution in [0.2, 0.25) is 0 Å². The molecule has 24 heavy (non-hydrogen) atoms. The van der Waals surface area contributed by atoms with Crippen molar-refractivity contribution in [1.82, 2.24) is 15.3 Å². The third-order valence-corrected chi connectivity index (χ3v) is 4.46. The Morgan fingerprint density at radius 1 is 1.21 bits per heavy atom. The van der Waals surface area contributed by atoms with Crippen LogP contribution >= 0.6 is 11.8 Å². The molecule has 1 aromatic heterocycles. The van der Waals surface area contributed by atoms with Crippen molar-refractivity contribution in [2.45, 2.75) is 26.0 Å². The smallest absolute Gasteiger partial charge is 0.251 e. The lowest BCUT2D eigenvalue weighted by Crippen LogP contribution is -2.26. The van der Waals surface area contributed by atoms with E-state index in [4.69, 9.17) is 0 Å². The van der Waals surface area contributed by atoms with Gasteiger partial charge in [-0.05, 0) is 24.3 Å². The molecule has 0 spiro atoms. The maximum atomic E-state index is 12.1. The summed E-state index contributed by atoms with van der Waals surface area (Å²) in [5.74, 6) is 2.30. The van der Waals surface area contributed by atoms with E-state index in [1.165, 1.54) is 0 Å². The first-order valence-corrected chi connectivity index (χ1v) is 9.08. The van der Waals surface area contributed by atoms with Crippen molar-refractivity contribution in [3.05, 3.63) is 41.6 Å². The van der Waals surface area contributed by atoms with Gasteiger partial charge in [0.1, 0.15) is 5.82 Å². The number of anilines is 1. The number of rotatable bonds is 7. The molecular weight excluding hydrogens is 320 g/mol. The average molecular weight is 344 g/mol. The Morgan fingerprint density at radius 3 is 2.54 bits per heavy atom. The first kappa shape index (κ1) is 18.3. The molecule has 0 aliphatic carbocycles. The summed E-state index contributed by atoms with van der Waals surface area (Å²) < 4.78 is 0. The molecular formula is C18H24N4OS. The number of carbonyl (C=O) groups excluding carboxylic acids is 1. The minimum atomic E-state index is -0.0491. The second-order valence-electron chi connectivity index (χ2n) is 5.72. The van der Waals surface area contributed by atoms with E-state index in [0.29, 0.717) is 23.2 Å². The first-order chi connectivity index (χ1) is 11.5. The molecule has 0 saturated carbocycles. The third-order valence-electron chi connectivity index (χ3n) is 3.35. The van der Waals surface area contributed by atoms with E-state index in [1.54, 1.807) is 0 Å². The van der Waals surface area contributed by atoms with Crippen LogP contribution in [0.3, 0.4) is 0 Å². The molecule has 2 aromatic rings. The van der Waals surface area contributed by atoms with Crippen LogP contribution in [-0.2, 0) is 0 Å². The van der Waals surface area contributed by atoms with Crippen LogP contribution in [0.25, 0.3) is 11.4 Å². The zero-order valence-electron chi connectivity index (χ0n) is 14.6. The monoisotopic (exact) mass is 344 g/mol. The van der Waals surface area contributed by atoms with Gasteiger partial charge >= 0.3 is 0 Å². The lowest BCUT2D eigenvalue weighted by Gasteiger charge is -2.08. The zero-order chi connectivity index (χ0) is 17.5. The lowest BCUT2D eigenvalue weighted by atomic mass is 10.1. The summed E-state index contributed by atoms with van der Waals surface area (Å²) in [4.78, 5) is 21.0. The molecule has 0 saturated heterocycles. The fourth-order valence-electron chi connectivity index (χ4n) is 2.16. The number of aromatic nitrogens is 2. The fourth-order valence-corrected chi connectivity index (χ4v) is 2.85. The molecule has 6 heteroatoms. The summed E-state index contributed by atoms with van der Waals surface area (Å²) in [7, 11) is 1.83. The Kier molecular flexibility index (Phi) is 6.61. The quantitative estimate of drug-likeness (QED) is 0.754. The summed E-state index contributed by atoms with van der Waals surface area (Å²) in [5.41, 5.74) is 2.44. The molecule has 0 aliphatic rings. The van der Waals surface area contributed by atoms with Crippen molar-refractivity contribution in [3.63, 3.8) is 0 Å². The average Bonchev–Trinajstić information content (AvgIpc) is 2.58. The van der Waals surface area contributed by atoms with Crippen molar-refractivity contribution < 1.29 is 4.79 Å². The van der Waals surface area contributed by atoms with E-state index in [-0.39, 0.29) is 5.91 Å². The fraction of sp³-hybridized carbons (Fsp3) is 0.389. The van der Waals surface area contributed by atoms with Gasteiger partial charge in [0.2, 0.25) is 0 Å². The van der Waals surface area contributed by atoms with Gasteiger partial charge in [0.25, 0.3) is 5.91 Å². The minimum absolute atomic E-state index is 0.0491. The highest BCUT2D eigenvalue weighted by molar-refractivity contribution is 7.99. The van der Waals surface area contributed by atoms with Crippen LogP contribution < -0.4 is 10.6 Å². The predicted octanol–water partition coefficient (Wildman–Crippen LogP) is 3.37. The largest absolute Gasteiger partial charge is 0.373 e. The van der Waals surface area contributed by atoms with Crippen LogP contribution in [-0.4, -0.2) is 40.5 Å². The zero-order valence-corrected chi connectivity index (χ0v) is 15.4. The molecule has 0 radical (unpaired) electrons. The Labute approximate surface area is 147 Å². The van der Waals surface area contributed by atoms with Crippen LogP contribution in [0.4, 0.5) is 5.82 Å². The van der Waals surface area contributed by atoms with Gasteiger partial charge in [-0.3, -0.25) is 4.79 Å². The van der Waals surface area contributed by atoms with E-state index in [2.05, 4.69) is 34.4 Å². The maximum absolute atomic E-state index is 12.1. The Hall–Kier alpha value is -2.08. The standard InChI is InChI=1S/C18H24N4OS/c1-12(2)24-10-9-20-18(23)15-7-5-14(6-8-15)17-21-13(3)11-16(19-4)22-17/h5-8,11-12H,9-10H2,1-4H3,(H,20,23)(H,19,21,22). The number of benzene rings is 1. The van der Waals surface area contributed by atoms with Gasteiger partial charge < -0.3 is 10.6 Å². The third kappa shape index (κ3) is 5.23. The molecule has 2 rings (SSSR count).